The first-order valence-electron chi connectivity index (χ1n) is 12.3. The smallest absolute Gasteiger partial charge is 0.197 e. The van der Waals surface area contributed by atoms with Crippen LogP contribution in [-0.4, -0.2) is 63.3 Å². The van der Waals surface area contributed by atoms with E-state index in [0.717, 1.165) is 11.3 Å². The van der Waals surface area contributed by atoms with Crippen molar-refractivity contribution in [1.29, 1.82) is 5.41 Å². The topological polar surface area (TPSA) is 92.2 Å². The van der Waals surface area contributed by atoms with E-state index in [0.29, 0.717) is 42.8 Å². The van der Waals surface area contributed by atoms with E-state index in [2.05, 4.69) is 25.7 Å². The Bertz CT molecular complexity index is 1260. The van der Waals surface area contributed by atoms with E-state index < -0.39 is 5.82 Å². The zero-order chi connectivity index (χ0) is 27.1. The second-order valence-corrected chi connectivity index (χ2v) is 10.4. The molecule has 0 aromatic heterocycles. The fourth-order valence-electron chi connectivity index (χ4n) is 5.00. The summed E-state index contributed by atoms with van der Waals surface area (Å²) in [6.45, 7) is 7.40. The lowest BCUT2D eigenvalue weighted by atomic mass is 9.84. The van der Waals surface area contributed by atoms with Gasteiger partial charge in [-0.25, -0.2) is 4.39 Å². The average Bonchev–Trinajstić information content (AvgIpc) is 3.17. The molecule has 2 heterocycles. The van der Waals surface area contributed by atoms with Crippen molar-refractivity contribution >= 4 is 23.1 Å². The van der Waals surface area contributed by atoms with Crippen LogP contribution in [0.4, 0.5) is 10.1 Å². The Kier molecular flexibility index (Phi) is 7.17. The Morgan fingerprint density at radius 3 is 2.24 bits per heavy atom. The summed E-state index contributed by atoms with van der Waals surface area (Å²) in [4.78, 5) is 29.1. The molecule has 2 aromatic carbocycles. The molecule has 0 aliphatic carbocycles. The van der Waals surface area contributed by atoms with Gasteiger partial charge >= 0.3 is 0 Å². The average molecular weight is 512 g/mol. The summed E-state index contributed by atoms with van der Waals surface area (Å²) >= 11 is 0. The second-order valence-electron chi connectivity index (χ2n) is 10.4. The standard InChI is InChI=1S/C28H34FN3O5/c1-28(2,3)19-11-16(12-20(25(19)36-5)31-9-7-18(33)8-10-31)21(34)15-32-14-17-13-22(35-4)26(37-6)24(29)23(17)27(32)30/h11-13,30H,7-10,14-15H2,1-6H3. The predicted molar refractivity (Wildman–Crippen MR) is 139 cm³/mol. The van der Waals surface area contributed by atoms with Crippen molar-refractivity contribution in [3.05, 3.63) is 46.3 Å². The summed E-state index contributed by atoms with van der Waals surface area (Å²) in [5.74, 6) is 0.175. The van der Waals surface area contributed by atoms with E-state index in [1.165, 1.54) is 14.2 Å². The number of ketones is 2. The molecule has 0 radical (unpaired) electrons. The molecule has 0 spiro atoms. The van der Waals surface area contributed by atoms with E-state index in [4.69, 9.17) is 19.6 Å². The highest BCUT2D eigenvalue weighted by molar-refractivity contribution is 6.06. The van der Waals surface area contributed by atoms with E-state index in [-0.39, 0.29) is 53.0 Å². The molecule has 0 unspecified atom stereocenters. The Balaban J connectivity index is 1.68. The van der Waals surface area contributed by atoms with Crippen LogP contribution in [0.15, 0.2) is 18.2 Å². The van der Waals surface area contributed by atoms with Gasteiger partial charge in [0, 0.05) is 43.6 Å². The van der Waals surface area contributed by atoms with Crippen LogP contribution in [0.3, 0.4) is 0 Å². The predicted octanol–water partition coefficient (Wildman–Crippen LogP) is 4.34. The van der Waals surface area contributed by atoms with Gasteiger partial charge in [-0.15, -0.1) is 0 Å². The first-order valence-corrected chi connectivity index (χ1v) is 12.3. The van der Waals surface area contributed by atoms with Gasteiger partial charge in [0.25, 0.3) is 0 Å². The van der Waals surface area contributed by atoms with Gasteiger partial charge in [-0.2, -0.15) is 0 Å². The Morgan fingerprint density at radius 1 is 1.03 bits per heavy atom. The minimum atomic E-state index is -0.668. The van der Waals surface area contributed by atoms with Crippen LogP contribution in [0.2, 0.25) is 0 Å². The molecule has 1 fully saturated rings. The maximum atomic E-state index is 15.2. The van der Waals surface area contributed by atoms with Gasteiger partial charge in [0.15, 0.2) is 23.1 Å². The van der Waals surface area contributed by atoms with Gasteiger partial charge in [-0.1, -0.05) is 20.8 Å². The number of amidine groups is 1. The lowest BCUT2D eigenvalue weighted by molar-refractivity contribution is -0.119. The van der Waals surface area contributed by atoms with Crippen molar-refractivity contribution in [1.82, 2.24) is 4.90 Å². The molecule has 1 N–H and O–H groups in total. The molecule has 4 rings (SSSR count). The molecule has 0 amide bonds. The lowest BCUT2D eigenvalue weighted by Gasteiger charge is -2.33. The van der Waals surface area contributed by atoms with Gasteiger partial charge in [-0.05, 0) is 29.2 Å². The number of ether oxygens (including phenoxy) is 3. The number of halogens is 1. The molecule has 0 atom stereocenters. The molecule has 9 heteroatoms. The van der Waals surface area contributed by atoms with Crippen molar-refractivity contribution in [3.63, 3.8) is 0 Å². The third-order valence-corrected chi connectivity index (χ3v) is 7.01. The number of carbonyl (C=O) groups excluding carboxylic acids is 2. The molecule has 198 valence electrons. The second kappa shape index (κ2) is 10.0. The van der Waals surface area contributed by atoms with Gasteiger partial charge in [-0.3, -0.25) is 15.0 Å². The monoisotopic (exact) mass is 511 g/mol. The van der Waals surface area contributed by atoms with Crippen molar-refractivity contribution in [2.45, 2.75) is 45.6 Å². The number of anilines is 1. The van der Waals surface area contributed by atoms with Crippen LogP contribution in [-0.2, 0) is 16.8 Å². The summed E-state index contributed by atoms with van der Waals surface area (Å²) in [5.41, 5.74) is 2.52. The van der Waals surface area contributed by atoms with Gasteiger partial charge < -0.3 is 24.0 Å². The fraction of sp³-hybridized carbons (Fsp3) is 0.464. The number of methoxy groups -OCH3 is 3. The Labute approximate surface area is 216 Å². The number of hydrogen-bond acceptors (Lipinski definition) is 7. The molecule has 37 heavy (non-hydrogen) atoms. The van der Waals surface area contributed by atoms with Crippen LogP contribution in [0.1, 0.15) is 60.7 Å². The number of Topliss-reactive ketones (excluding diaryl/α,β-unsaturated/α-hetero) is 2. The van der Waals surface area contributed by atoms with Crippen molar-refractivity contribution < 1.29 is 28.2 Å². The van der Waals surface area contributed by atoms with E-state index in [1.54, 1.807) is 18.1 Å². The maximum absolute atomic E-state index is 15.2. The van der Waals surface area contributed by atoms with E-state index in [9.17, 15) is 9.59 Å². The summed E-state index contributed by atoms with van der Waals surface area (Å²) in [5, 5.41) is 8.59. The third-order valence-electron chi connectivity index (χ3n) is 7.01. The first-order chi connectivity index (χ1) is 17.5. The number of fused-ring (bicyclic) bond motifs is 1. The molecule has 1 saturated heterocycles. The number of hydrogen-bond donors (Lipinski definition) is 1. The number of carbonyl (C=O) groups is 2. The summed E-state index contributed by atoms with van der Waals surface area (Å²) in [6.07, 6.45) is 0.904. The van der Waals surface area contributed by atoms with Gasteiger partial charge in [0.05, 0.1) is 39.1 Å². The minimum Gasteiger partial charge on any atom is -0.494 e. The van der Waals surface area contributed by atoms with Gasteiger partial charge in [0.1, 0.15) is 17.4 Å². The molecule has 2 aliphatic heterocycles. The highest BCUT2D eigenvalue weighted by Gasteiger charge is 2.34. The van der Waals surface area contributed by atoms with Crippen LogP contribution in [0.5, 0.6) is 17.2 Å². The van der Waals surface area contributed by atoms with E-state index in [1.807, 2.05) is 12.1 Å². The summed E-state index contributed by atoms with van der Waals surface area (Å²) < 4.78 is 31.4. The molecular formula is C28H34FN3O5. The number of rotatable bonds is 7. The molecule has 2 aliphatic rings. The Hall–Kier alpha value is -3.62. The quantitative estimate of drug-likeness (QED) is 0.553. The van der Waals surface area contributed by atoms with Crippen LogP contribution in [0, 0.1) is 11.2 Å². The molecule has 8 nitrogen and oxygen atoms in total. The zero-order valence-corrected chi connectivity index (χ0v) is 22.3. The lowest BCUT2D eigenvalue weighted by Crippen LogP contribution is -2.35. The number of benzene rings is 2. The SMILES string of the molecule is COc1cc2c(c(F)c1OC)C(=N)N(CC(=O)c1cc(N3CCC(=O)CC3)c(OC)c(C(C)(C)C)c1)C2. The molecule has 0 saturated carbocycles. The van der Waals surface area contributed by atoms with Crippen molar-refractivity contribution in [2.75, 3.05) is 45.9 Å². The molecular weight excluding hydrogens is 477 g/mol. The molecule has 0 bridgehead atoms. The maximum Gasteiger partial charge on any atom is 0.197 e. The highest BCUT2D eigenvalue weighted by Crippen LogP contribution is 2.42. The van der Waals surface area contributed by atoms with Crippen LogP contribution in [0.25, 0.3) is 0 Å². The highest BCUT2D eigenvalue weighted by atomic mass is 19.1. The number of nitrogens with one attached hydrogen (secondary N) is 1. The minimum absolute atomic E-state index is 0.0613. The normalized spacial score (nSPS) is 15.6. The zero-order valence-electron chi connectivity index (χ0n) is 22.3. The van der Waals surface area contributed by atoms with Gasteiger partial charge in [0.2, 0.25) is 0 Å². The first kappa shape index (κ1) is 26.4. The summed E-state index contributed by atoms with van der Waals surface area (Å²) in [7, 11) is 4.39. The summed E-state index contributed by atoms with van der Waals surface area (Å²) in [6, 6.07) is 5.31. The van der Waals surface area contributed by atoms with Crippen LogP contribution < -0.4 is 19.1 Å². The number of nitrogens with zero attached hydrogens (tertiary/aromatic N) is 2. The molecule has 2 aromatic rings. The third kappa shape index (κ3) is 4.86. The Morgan fingerprint density at radius 2 is 1.68 bits per heavy atom. The van der Waals surface area contributed by atoms with Crippen LogP contribution >= 0.6 is 0 Å². The van der Waals surface area contributed by atoms with E-state index >= 15 is 4.39 Å². The number of piperidine rings is 1. The largest absolute Gasteiger partial charge is 0.494 e. The van der Waals surface area contributed by atoms with Crippen molar-refractivity contribution in [2.24, 2.45) is 0 Å². The van der Waals surface area contributed by atoms with Crippen molar-refractivity contribution in [3.8, 4) is 17.2 Å². The fourth-order valence-corrected chi connectivity index (χ4v) is 5.00.